The SMILES string of the molecule is O=C(/C(=C(\C1(O)CC1)P(=O)(c1ccc(Cl)cc1)c1ccc(Cl)cc1)c1ccccc1)c1ccccc1. The van der Waals surface area contributed by atoms with Gasteiger partial charge in [-0.15, -0.1) is 0 Å². The molecule has 6 heteroatoms. The topological polar surface area (TPSA) is 54.4 Å². The molecule has 1 fully saturated rings. The third-order valence-corrected chi connectivity index (χ3v) is 10.2. The Hall–Kier alpha value is -2.94. The average Bonchev–Trinajstić information content (AvgIpc) is 3.65. The molecule has 1 aliphatic rings. The first-order chi connectivity index (χ1) is 17.3. The van der Waals surface area contributed by atoms with E-state index in [2.05, 4.69) is 0 Å². The van der Waals surface area contributed by atoms with Crippen molar-refractivity contribution < 1.29 is 14.5 Å². The van der Waals surface area contributed by atoms with Crippen LogP contribution >= 0.6 is 30.3 Å². The van der Waals surface area contributed by atoms with Crippen molar-refractivity contribution >= 4 is 52.3 Å². The summed E-state index contributed by atoms with van der Waals surface area (Å²) in [5.41, 5.74) is -0.0681. The maximum Gasteiger partial charge on any atom is 0.194 e. The fourth-order valence-corrected chi connectivity index (χ4v) is 8.02. The molecule has 4 aromatic rings. The minimum absolute atomic E-state index is 0.250. The molecule has 5 rings (SSSR count). The maximum absolute atomic E-state index is 15.5. The van der Waals surface area contributed by atoms with E-state index in [1.165, 1.54) is 0 Å². The largest absolute Gasteiger partial charge is 0.385 e. The molecule has 0 bridgehead atoms. The number of Topliss-reactive ketones (excluding diaryl/α,β-unsaturated/α-hetero) is 1. The molecule has 0 amide bonds. The molecule has 0 aliphatic heterocycles. The maximum atomic E-state index is 15.5. The fraction of sp³-hybridized carbons (Fsp3) is 0.100. The molecule has 0 unspecified atom stereocenters. The monoisotopic (exact) mass is 532 g/mol. The highest BCUT2D eigenvalue weighted by Crippen LogP contribution is 2.64. The lowest BCUT2D eigenvalue weighted by Gasteiger charge is -2.29. The summed E-state index contributed by atoms with van der Waals surface area (Å²) in [5, 5.41) is 14.0. The van der Waals surface area contributed by atoms with Gasteiger partial charge in [-0.1, -0.05) is 83.9 Å². The zero-order chi connectivity index (χ0) is 25.3. The minimum atomic E-state index is -3.74. The number of halogens is 2. The number of hydrogen-bond acceptors (Lipinski definition) is 3. The van der Waals surface area contributed by atoms with Gasteiger partial charge in [0, 0.05) is 37.1 Å². The van der Waals surface area contributed by atoms with Crippen molar-refractivity contribution in [1.82, 2.24) is 0 Å². The van der Waals surface area contributed by atoms with Gasteiger partial charge in [-0.3, -0.25) is 4.79 Å². The first kappa shape index (κ1) is 24.7. The van der Waals surface area contributed by atoms with Crippen LogP contribution < -0.4 is 10.6 Å². The number of rotatable bonds is 7. The predicted molar refractivity (Wildman–Crippen MR) is 148 cm³/mol. The molecule has 0 atom stereocenters. The Labute approximate surface area is 220 Å². The number of carbonyl (C=O) groups is 1. The number of allylic oxidation sites excluding steroid dienone is 1. The van der Waals surface area contributed by atoms with Gasteiger partial charge in [-0.25, -0.2) is 0 Å². The summed E-state index contributed by atoms with van der Waals surface area (Å²) < 4.78 is 15.5. The second-order valence-corrected chi connectivity index (χ2v) is 12.4. The number of benzene rings is 4. The van der Waals surface area contributed by atoms with Gasteiger partial charge in [0.1, 0.15) is 0 Å². The van der Waals surface area contributed by atoms with Crippen LogP contribution in [0.2, 0.25) is 10.0 Å². The van der Waals surface area contributed by atoms with Crippen molar-refractivity contribution in [2.75, 3.05) is 0 Å². The highest BCUT2D eigenvalue weighted by atomic mass is 35.5. The van der Waals surface area contributed by atoms with Crippen LogP contribution in [0.15, 0.2) is 115 Å². The molecule has 0 aromatic heterocycles. The first-order valence-corrected chi connectivity index (χ1v) is 14.0. The standard InChI is InChI=1S/C30H23Cl2O3P/c31-23-11-15-25(16-12-23)36(35,26-17-13-24(32)14-18-26)29(30(34)19-20-30)27(21-7-3-1-4-8-21)28(33)22-9-5-2-6-10-22/h1-18,34H,19-20H2/b29-27+. The van der Waals surface area contributed by atoms with Crippen LogP contribution in [0.25, 0.3) is 5.57 Å². The molecule has 3 nitrogen and oxygen atoms in total. The van der Waals surface area contributed by atoms with E-state index in [0.717, 1.165) is 0 Å². The first-order valence-electron chi connectivity index (χ1n) is 11.6. The summed E-state index contributed by atoms with van der Waals surface area (Å²) in [6.45, 7) is 0. The molecule has 1 aliphatic carbocycles. The van der Waals surface area contributed by atoms with E-state index >= 15 is 4.57 Å². The van der Waals surface area contributed by atoms with Crippen molar-refractivity contribution in [3.05, 3.63) is 136 Å². The third kappa shape index (κ3) is 4.61. The Morgan fingerprint density at radius 2 is 1.08 bits per heavy atom. The van der Waals surface area contributed by atoms with Gasteiger partial charge < -0.3 is 9.67 Å². The van der Waals surface area contributed by atoms with E-state index in [0.29, 0.717) is 44.6 Å². The van der Waals surface area contributed by atoms with Crippen LogP contribution in [0, 0.1) is 0 Å². The lowest BCUT2D eigenvalue weighted by molar-refractivity contribution is 0.105. The Kier molecular flexibility index (Phi) is 6.76. The lowest BCUT2D eigenvalue weighted by atomic mass is 9.94. The molecule has 36 heavy (non-hydrogen) atoms. The van der Waals surface area contributed by atoms with Gasteiger partial charge in [-0.05, 0) is 66.9 Å². The van der Waals surface area contributed by atoms with Gasteiger partial charge in [0.05, 0.1) is 5.60 Å². The van der Waals surface area contributed by atoms with E-state index in [1.807, 2.05) is 36.4 Å². The Bertz CT molecular complexity index is 1430. The van der Waals surface area contributed by atoms with Crippen LogP contribution in [-0.2, 0) is 4.57 Å². The molecule has 180 valence electrons. The van der Waals surface area contributed by atoms with Crippen LogP contribution in [0.4, 0.5) is 0 Å². The molecule has 1 N–H and O–H groups in total. The Morgan fingerprint density at radius 3 is 1.50 bits per heavy atom. The molecular weight excluding hydrogens is 510 g/mol. The second-order valence-electron chi connectivity index (χ2n) is 8.88. The van der Waals surface area contributed by atoms with Crippen LogP contribution in [0.3, 0.4) is 0 Å². The summed E-state index contributed by atoms with van der Waals surface area (Å²) in [4.78, 5) is 14.1. The molecule has 0 heterocycles. The summed E-state index contributed by atoms with van der Waals surface area (Å²) in [6.07, 6.45) is 0.817. The van der Waals surface area contributed by atoms with E-state index in [9.17, 15) is 9.90 Å². The van der Waals surface area contributed by atoms with Crippen LogP contribution in [0.5, 0.6) is 0 Å². The lowest BCUT2D eigenvalue weighted by Crippen LogP contribution is -2.27. The molecule has 1 saturated carbocycles. The summed E-state index contributed by atoms with van der Waals surface area (Å²) in [6, 6.07) is 31.6. The Balaban J connectivity index is 1.91. The quantitative estimate of drug-likeness (QED) is 0.156. The normalized spacial score (nSPS) is 15.2. The van der Waals surface area contributed by atoms with E-state index in [4.69, 9.17) is 23.2 Å². The van der Waals surface area contributed by atoms with E-state index < -0.39 is 12.7 Å². The molecule has 4 aromatic carbocycles. The summed E-state index contributed by atoms with van der Waals surface area (Å²) in [7, 11) is -3.74. The van der Waals surface area contributed by atoms with Crippen LogP contribution in [0.1, 0.15) is 28.8 Å². The van der Waals surface area contributed by atoms with E-state index in [1.54, 1.807) is 72.8 Å². The predicted octanol–water partition coefficient (Wildman–Crippen LogP) is 7.13. The summed E-state index contributed by atoms with van der Waals surface area (Å²) >= 11 is 12.4. The summed E-state index contributed by atoms with van der Waals surface area (Å²) in [5.74, 6) is -0.291. The van der Waals surface area contributed by atoms with Gasteiger partial charge in [0.2, 0.25) is 0 Å². The zero-order valence-corrected chi connectivity index (χ0v) is 21.7. The average molecular weight is 533 g/mol. The molecular formula is C30H23Cl2O3P. The molecule has 0 radical (unpaired) electrons. The minimum Gasteiger partial charge on any atom is -0.385 e. The molecule has 0 spiro atoms. The number of aliphatic hydroxyl groups is 1. The van der Waals surface area contributed by atoms with E-state index in [-0.39, 0.29) is 16.7 Å². The number of carbonyl (C=O) groups excluding carboxylic acids is 1. The van der Waals surface area contributed by atoms with Crippen molar-refractivity contribution in [3.63, 3.8) is 0 Å². The van der Waals surface area contributed by atoms with Crippen molar-refractivity contribution in [2.24, 2.45) is 0 Å². The van der Waals surface area contributed by atoms with Gasteiger partial charge in [-0.2, -0.15) is 0 Å². The zero-order valence-electron chi connectivity index (χ0n) is 19.3. The van der Waals surface area contributed by atoms with Crippen molar-refractivity contribution in [3.8, 4) is 0 Å². The van der Waals surface area contributed by atoms with Gasteiger partial charge in [0.15, 0.2) is 12.9 Å². The third-order valence-electron chi connectivity index (χ3n) is 6.42. The van der Waals surface area contributed by atoms with Gasteiger partial charge in [0.25, 0.3) is 0 Å². The highest BCUT2D eigenvalue weighted by molar-refractivity contribution is 7.82. The highest BCUT2D eigenvalue weighted by Gasteiger charge is 2.54. The van der Waals surface area contributed by atoms with Gasteiger partial charge >= 0.3 is 0 Å². The molecule has 0 saturated heterocycles. The number of hydrogen-bond donors (Lipinski definition) is 1. The fourth-order valence-electron chi connectivity index (χ4n) is 4.46. The van der Waals surface area contributed by atoms with Crippen molar-refractivity contribution in [2.45, 2.75) is 18.4 Å². The smallest absolute Gasteiger partial charge is 0.194 e. The Morgan fingerprint density at radius 1 is 0.667 bits per heavy atom. The number of ketones is 1. The second kappa shape index (κ2) is 9.84. The van der Waals surface area contributed by atoms with Crippen molar-refractivity contribution in [1.29, 1.82) is 0 Å². The van der Waals surface area contributed by atoms with Crippen LogP contribution in [-0.4, -0.2) is 16.5 Å².